The highest BCUT2D eigenvalue weighted by Gasteiger charge is 2.51. The van der Waals surface area contributed by atoms with Gasteiger partial charge in [0.2, 0.25) is 6.08 Å². The van der Waals surface area contributed by atoms with Gasteiger partial charge in [-0.3, -0.25) is 0 Å². The summed E-state index contributed by atoms with van der Waals surface area (Å²) in [6.07, 6.45) is 1.37. The van der Waals surface area contributed by atoms with E-state index in [2.05, 4.69) is 9.73 Å². The molecule has 1 aliphatic rings. The summed E-state index contributed by atoms with van der Waals surface area (Å²) in [6, 6.07) is 4.09. The standard InChI is InChI=1S/C14H16BF2NO4/c1-13(2)14(3,4)22-15(21-13)9-5-10(18-8-19)7-11(6-9)20-12(16)17/h5-7,12H,1-4H3. The van der Waals surface area contributed by atoms with Gasteiger partial charge < -0.3 is 14.0 Å². The fourth-order valence-electron chi connectivity index (χ4n) is 2.01. The third kappa shape index (κ3) is 3.35. The number of hydrogen-bond donors (Lipinski definition) is 0. The zero-order chi connectivity index (χ0) is 16.5. The lowest BCUT2D eigenvalue weighted by Gasteiger charge is -2.32. The Morgan fingerprint density at radius 3 is 2.27 bits per heavy atom. The normalized spacial score (nSPS) is 19.1. The van der Waals surface area contributed by atoms with E-state index >= 15 is 0 Å². The summed E-state index contributed by atoms with van der Waals surface area (Å²) in [7, 11) is -0.771. The van der Waals surface area contributed by atoms with E-state index in [0.717, 1.165) is 0 Å². The molecule has 5 nitrogen and oxygen atoms in total. The molecule has 0 radical (unpaired) electrons. The minimum absolute atomic E-state index is 0.129. The minimum atomic E-state index is -2.98. The van der Waals surface area contributed by atoms with Crippen LogP contribution in [-0.4, -0.2) is 31.0 Å². The largest absolute Gasteiger partial charge is 0.495 e. The molecule has 0 N–H and O–H groups in total. The van der Waals surface area contributed by atoms with E-state index in [9.17, 15) is 13.6 Å². The van der Waals surface area contributed by atoms with E-state index in [4.69, 9.17) is 9.31 Å². The topological polar surface area (TPSA) is 57.1 Å². The first-order valence-corrected chi connectivity index (χ1v) is 6.68. The predicted octanol–water partition coefficient (Wildman–Crippen LogP) is 2.55. The van der Waals surface area contributed by atoms with Gasteiger partial charge in [-0.1, -0.05) is 0 Å². The molecule has 0 atom stereocenters. The Balaban J connectivity index is 2.38. The number of carbonyl (C=O) groups excluding carboxylic acids is 1. The summed E-state index contributed by atoms with van der Waals surface area (Å²) in [5.74, 6) is -0.129. The van der Waals surface area contributed by atoms with Crippen molar-refractivity contribution in [2.45, 2.75) is 45.5 Å². The second kappa shape index (κ2) is 5.80. The first-order valence-electron chi connectivity index (χ1n) is 6.68. The number of hydrogen-bond acceptors (Lipinski definition) is 5. The van der Waals surface area contributed by atoms with Crippen LogP contribution < -0.4 is 10.2 Å². The Morgan fingerprint density at radius 2 is 1.77 bits per heavy atom. The third-order valence-corrected chi connectivity index (χ3v) is 3.84. The van der Waals surface area contributed by atoms with Crippen LogP contribution in [-0.2, 0) is 14.1 Å². The van der Waals surface area contributed by atoms with Gasteiger partial charge in [0, 0.05) is 6.07 Å². The van der Waals surface area contributed by atoms with Crippen LogP contribution in [0.2, 0.25) is 0 Å². The van der Waals surface area contributed by atoms with Gasteiger partial charge in [0.1, 0.15) is 5.75 Å². The molecule has 1 aliphatic heterocycles. The Kier molecular flexibility index (Phi) is 4.38. The van der Waals surface area contributed by atoms with Gasteiger partial charge in [-0.2, -0.15) is 13.8 Å². The maximum atomic E-state index is 12.4. The molecule has 1 aromatic rings. The van der Waals surface area contributed by atoms with Gasteiger partial charge in [0.05, 0.1) is 16.9 Å². The average molecular weight is 311 g/mol. The van der Waals surface area contributed by atoms with Crippen LogP contribution in [0.1, 0.15) is 27.7 Å². The molecule has 0 aliphatic carbocycles. The highest BCUT2D eigenvalue weighted by atomic mass is 19.3. The van der Waals surface area contributed by atoms with Crippen molar-refractivity contribution in [3.63, 3.8) is 0 Å². The number of alkyl halides is 2. The van der Waals surface area contributed by atoms with Gasteiger partial charge >= 0.3 is 13.7 Å². The van der Waals surface area contributed by atoms with Crippen LogP contribution in [0, 0.1) is 0 Å². The van der Waals surface area contributed by atoms with Gasteiger partial charge in [-0.15, -0.1) is 0 Å². The lowest BCUT2D eigenvalue weighted by atomic mass is 9.79. The predicted molar refractivity (Wildman–Crippen MR) is 76.6 cm³/mol. The molecule has 22 heavy (non-hydrogen) atoms. The van der Waals surface area contributed by atoms with Crippen LogP contribution in [0.4, 0.5) is 14.5 Å². The second-order valence-electron chi connectivity index (χ2n) is 5.93. The summed E-state index contributed by atoms with van der Waals surface area (Å²) in [5, 5.41) is 0. The van der Waals surface area contributed by atoms with Crippen molar-refractivity contribution in [3.05, 3.63) is 18.2 Å². The van der Waals surface area contributed by atoms with Crippen molar-refractivity contribution < 1.29 is 27.6 Å². The maximum absolute atomic E-state index is 12.4. The SMILES string of the molecule is CC1(C)OB(c2cc(N=C=O)cc(OC(F)F)c2)OC1(C)C. The molecule has 0 amide bonds. The number of halogens is 2. The van der Waals surface area contributed by atoms with Crippen molar-refractivity contribution in [2.75, 3.05) is 0 Å². The van der Waals surface area contributed by atoms with Crippen LogP contribution in [0.25, 0.3) is 0 Å². The van der Waals surface area contributed by atoms with Crippen LogP contribution >= 0.6 is 0 Å². The smallest absolute Gasteiger partial charge is 0.435 e. The Hall–Kier alpha value is -1.76. The van der Waals surface area contributed by atoms with E-state index in [0.29, 0.717) is 5.46 Å². The number of aliphatic imine (C=N–C) groups is 1. The summed E-state index contributed by atoms with van der Waals surface area (Å²) in [5.41, 5.74) is -0.583. The molecule has 2 rings (SSSR count). The highest BCUT2D eigenvalue weighted by molar-refractivity contribution is 6.62. The molecule has 0 unspecified atom stereocenters. The van der Waals surface area contributed by atoms with Gasteiger partial charge in [0.15, 0.2) is 0 Å². The van der Waals surface area contributed by atoms with Crippen LogP contribution in [0.5, 0.6) is 5.75 Å². The molecule has 1 aromatic carbocycles. The van der Waals surface area contributed by atoms with E-state index in [1.165, 1.54) is 24.3 Å². The van der Waals surface area contributed by atoms with Gasteiger partial charge in [-0.05, 0) is 45.3 Å². The van der Waals surface area contributed by atoms with Crippen molar-refractivity contribution in [1.29, 1.82) is 0 Å². The first kappa shape index (κ1) is 16.6. The fraction of sp³-hybridized carbons (Fsp3) is 0.500. The minimum Gasteiger partial charge on any atom is -0.435 e. The molecule has 0 aromatic heterocycles. The number of rotatable bonds is 4. The summed E-state index contributed by atoms with van der Waals surface area (Å²) >= 11 is 0. The number of isocyanates is 1. The molecule has 1 fully saturated rings. The fourth-order valence-corrected chi connectivity index (χ4v) is 2.01. The van der Waals surface area contributed by atoms with E-state index in [1.54, 1.807) is 0 Å². The summed E-state index contributed by atoms with van der Waals surface area (Å²) in [6.45, 7) is 4.50. The molecular weight excluding hydrogens is 295 g/mol. The number of benzene rings is 1. The Labute approximate surface area is 127 Å². The van der Waals surface area contributed by atoms with Crippen molar-refractivity contribution in [1.82, 2.24) is 0 Å². The van der Waals surface area contributed by atoms with Gasteiger partial charge in [-0.25, -0.2) is 4.79 Å². The van der Waals surface area contributed by atoms with Crippen LogP contribution in [0.3, 0.4) is 0 Å². The second-order valence-corrected chi connectivity index (χ2v) is 5.93. The number of ether oxygens (including phenoxy) is 1. The summed E-state index contributed by atoms with van der Waals surface area (Å²) < 4.78 is 40.8. The van der Waals surface area contributed by atoms with Crippen molar-refractivity contribution in [3.8, 4) is 5.75 Å². The zero-order valence-corrected chi connectivity index (χ0v) is 12.7. The van der Waals surface area contributed by atoms with E-state index in [-0.39, 0.29) is 11.4 Å². The Bertz CT molecular complexity index is 599. The molecule has 0 saturated carbocycles. The third-order valence-electron chi connectivity index (χ3n) is 3.84. The molecule has 118 valence electrons. The van der Waals surface area contributed by atoms with Crippen molar-refractivity contribution >= 4 is 24.3 Å². The molecule has 1 saturated heterocycles. The Morgan fingerprint density at radius 1 is 1.18 bits per heavy atom. The van der Waals surface area contributed by atoms with Gasteiger partial charge in [0.25, 0.3) is 0 Å². The lowest BCUT2D eigenvalue weighted by molar-refractivity contribution is -0.0497. The summed E-state index contributed by atoms with van der Waals surface area (Å²) in [4.78, 5) is 13.8. The maximum Gasteiger partial charge on any atom is 0.495 e. The molecular formula is C14H16BF2NO4. The van der Waals surface area contributed by atoms with Crippen molar-refractivity contribution in [2.24, 2.45) is 4.99 Å². The monoisotopic (exact) mass is 311 g/mol. The van der Waals surface area contributed by atoms with Crippen LogP contribution in [0.15, 0.2) is 23.2 Å². The molecule has 8 heteroatoms. The number of nitrogens with zero attached hydrogens (tertiary/aromatic N) is 1. The average Bonchev–Trinajstić information content (AvgIpc) is 2.58. The molecule has 0 spiro atoms. The lowest BCUT2D eigenvalue weighted by Crippen LogP contribution is -2.41. The quantitative estimate of drug-likeness (QED) is 0.487. The van der Waals surface area contributed by atoms with E-state index < -0.39 is 24.9 Å². The zero-order valence-electron chi connectivity index (χ0n) is 12.7. The molecule has 1 heterocycles. The molecule has 0 bridgehead atoms. The van der Waals surface area contributed by atoms with E-state index in [1.807, 2.05) is 27.7 Å². The first-order chi connectivity index (χ1) is 10.1. The highest BCUT2D eigenvalue weighted by Crippen LogP contribution is 2.37.